The van der Waals surface area contributed by atoms with Gasteiger partial charge >= 0.3 is 0 Å². The number of aryl methyl sites for hydroxylation is 1. The highest BCUT2D eigenvalue weighted by Gasteiger charge is 2.30. The van der Waals surface area contributed by atoms with E-state index in [0.29, 0.717) is 5.91 Å². The van der Waals surface area contributed by atoms with Crippen molar-refractivity contribution in [1.82, 2.24) is 24.7 Å². The summed E-state index contributed by atoms with van der Waals surface area (Å²) in [6.07, 6.45) is 6.87. The number of amides is 1. The summed E-state index contributed by atoms with van der Waals surface area (Å²) in [7, 11) is 0. The smallest absolute Gasteiger partial charge is 0.225 e. The Morgan fingerprint density at radius 3 is 2.83 bits per heavy atom. The lowest BCUT2D eigenvalue weighted by Gasteiger charge is -2.31. The van der Waals surface area contributed by atoms with Crippen LogP contribution in [-0.2, 0) is 11.2 Å². The third kappa shape index (κ3) is 2.72. The van der Waals surface area contributed by atoms with Crippen LogP contribution in [0.3, 0.4) is 0 Å². The van der Waals surface area contributed by atoms with Gasteiger partial charge < -0.3 is 9.80 Å². The van der Waals surface area contributed by atoms with Crippen LogP contribution in [0.4, 0.5) is 5.69 Å². The number of fused-ring (bicyclic) bond motifs is 1. The molecular formula is C17H24N6O. The van der Waals surface area contributed by atoms with Crippen molar-refractivity contribution >= 4 is 17.2 Å². The van der Waals surface area contributed by atoms with Gasteiger partial charge in [-0.15, -0.1) is 10.2 Å². The van der Waals surface area contributed by atoms with Gasteiger partial charge in [0.25, 0.3) is 0 Å². The Balaban J connectivity index is 1.55. The Morgan fingerprint density at radius 2 is 2.08 bits per heavy atom. The first-order valence-electron chi connectivity index (χ1n) is 9.00. The van der Waals surface area contributed by atoms with Crippen LogP contribution >= 0.6 is 0 Å². The lowest BCUT2D eigenvalue weighted by molar-refractivity contribution is -0.137. The van der Waals surface area contributed by atoms with Crippen LogP contribution in [0.1, 0.15) is 38.3 Å². The summed E-state index contributed by atoms with van der Waals surface area (Å²) in [5.41, 5.74) is 2.91. The van der Waals surface area contributed by atoms with Gasteiger partial charge in [0.2, 0.25) is 11.6 Å². The molecule has 0 N–H and O–H groups in total. The molecule has 2 aliphatic rings. The number of rotatable bonds is 3. The standard InChI is InChI=1S/C17H24N6O/c1-2-14-11-15(16-19-18-12-23(16)20-14)21-7-4-8-22(10-9-21)17(24)13-5-3-6-13/h11-13H,2-10H2,1H3. The SMILES string of the molecule is CCc1cc(N2CCCN(C(=O)C3CCC3)CC2)c2nncn2n1. The second kappa shape index (κ2) is 6.37. The van der Waals surface area contributed by atoms with Crippen molar-refractivity contribution < 1.29 is 4.79 Å². The number of anilines is 1. The lowest BCUT2D eigenvalue weighted by atomic mass is 9.84. The van der Waals surface area contributed by atoms with Crippen molar-refractivity contribution in [3.05, 3.63) is 18.1 Å². The van der Waals surface area contributed by atoms with E-state index in [9.17, 15) is 4.79 Å². The molecule has 3 heterocycles. The molecule has 4 rings (SSSR count). The predicted molar refractivity (Wildman–Crippen MR) is 90.9 cm³/mol. The molecule has 1 amide bonds. The average molecular weight is 328 g/mol. The first kappa shape index (κ1) is 15.4. The monoisotopic (exact) mass is 328 g/mol. The zero-order chi connectivity index (χ0) is 16.5. The summed E-state index contributed by atoms with van der Waals surface area (Å²) in [6, 6.07) is 2.12. The normalized spacial score (nSPS) is 19.4. The molecule has 0 spiro atoms. The highest BCUT2D eigenvalue weighted by molar-refractivity contribution is 5.79. The van der Waals surface area contributed by atoms with Gasteiger partial charge in [-0.2, -0.15) is 9.61 Å². The molecule has 24 heavy (non-hydrogen) atoms. The third-order valence-corrected chi connectivity index (χ3v) is 5.26. The van der Waals surface area contributed by atoms with Crippen LogP contribution in [0.5, 0.6) is 0 Å². The molecule has 1 aliphatic carbocycles. The van der Waals surface area contributed by atoms with E-state index in [-0.39, 0.29) is 5.92 Å². The van der Waals surface area contributed by atoms with Crippen LogP contribution in [0, 0.1) is 5.92 Å². The van der Waals surface area contributed by atoms with Gasteiger partial charge in [0.1, 0.15) is 6.33 Å². The van der Waals surface area contributed by atoms with Gasteiger partial charge in [-0.05, 0) is 31.7 Å². The Labute approximate surface area is 141 Å². The van der Waals surface area contributed by atoms with Gasteiger partial charge in [0.15, 0.2) is 0 Å². The fourth-order valence-corrected chi connectivity index (χ4v) is 3.56. The van der Waals surface area contributed by atoms with Crippen LogP contribution in [0.25, 0.3) is 5.65 Å². The second-order valence-corrected chi connectivity index (χ2v) is 6.77. The first-order chi connectivity index (χ1) is 11.8. The fraction of sp³-hybridized carbons (Fsp3) is 0.647. The number of aromatic nitrogens is 4. The summed E-state index contributed by atoms with van der Waals surface area (Å²) in [4.78, 5) is 16.9. The lowest BCUT2D eigenvalue weighted by Crippen LogP contribution is -2.41. The number of hydrogen-bond donors (Lipinski definition) is 0. The van der Waals surface area contributed by atoms with Gasteiger partial charge in [0.05, 0.1) is 11.4 Å². The summed E-state index contributed by atoms with van der Waals surface area (Å²) in [6.45, 7) is 5.53. The van der Waals surface area contributed by atoms with Crippen molar-refractivity contribution in [2.45, 2.75) is 39.0 Å². The molecular weight excluding hydrogens is 304 g/mol. The van der Waals surface area contributed by atoms with Gasteiger partial charge in [-0.25, -0.2) is 0 Å². The second-order valence-electron chi connectivity index (χ2n) is 6.77. The molecule has 0 unspecified atom stereocenters. The number of hydrogen-bond acceptors (Lipinski definition) is 5. The van der Waals surface area contributed by atoms with Crippen LogP contribution in [0.15, 0.2) is 12.4 Å². The molecule has 0 radical (unpaired) electrons. The van der Waals surface area contributed by atoms with Gasteiger partial charge in [0, 0.05) is 32.1 Å². The predicted octanol–water partition coefficient (Wildman–Crippen LogP) is 1.53. The average Bonchev–Trinajstić information content (AvgIpc) is 2.88. The maximum atomic E-state index is 12.5. The maximum absolute atomic E-state index is 12.5. The Bertz CT molecular complexity index is 738. The molecule has 2 fully saturated rings. The van der Waals surface area contributed by atoms with Crippen LogP contribution in [-0.4, -0.2) is 56.8 Å². The van der Waals surface area contributed by atoms with Crippen molar-refractivity contribution in [3.63, 3.8) is 0 Å². The zero-order valence-electron chi connectivity index (χ0n) is 14.2. The minimum Gasteiger partial charge on any atom is -0.367 e. The van der Waals surface area contributed by atoms with E-state index in [2.05, 4.69) is 38.1 Å². The summed E-state index contributed by atoms with van der Waals surface area (Å²) in [5, 5.41) is 12.8. The maximum Gasteiger partial charge on any atom is 0.225 e. The Hall–Kier alpha value is -2.18. The molecule has 1 aliphatic heterocycles. The third-order valence-electron chi connectivity index (χ3n) is 5.26. The molecule has 7 nitrogen and oxygen atoms in total. The number of nitrogens with zero attached hydrogens (tertiary/aromatic N) is 6. The quantitative estimate of drug-likeness (QED) is 0.855. The molecule has 7 heteroatoms. The van der Waals surface area contributed by atoms with E-state index in [1.807, 2.05) is 0 Å². The van der Waals surface area contributed by atoms with Crippen molar-refractivity contribution in [2.24, 2.45) is 5.92 Å². The fourth-order valence-electron chi connectivity index (χ4n) is 3.56. The Morgan fingerprint density at radius 1 is 1.21 bits per heavy atom. The minimum absolute atomic E-state index is 0.285. The van der Waals surface area contributed by atoms with Crippen LogP contribution in [0.2, 0.25) is 0 Å². The largest absolute Gasteiger partial charge is 0.367 e. The summed E-state index contributed by atoms with van der Waals surface area (Å²) >= 11 is 0. The van der Waals surface area contributed by atoms with Gasteiger partial charge in [-0.1, -0.05) is 13.3 Å². The molecule has 128 valence electrons. The highest BCUT2D eigenvalue weighted by Crippen LogP contribution is 2.29. The van der Waals surface area contributed by atoms with E-state index >= 15 is 0 Å². The molecule has 1 saturated heterocycles. The van der Waals surface area contributed by atoms with E-state index in [1.54, 1.807) is 10.8 Å². The Kier molecular flexibility index (Phi) is 4.08. The van der Waals surface area contributed by atoms with E-state index in [0.717, 1.165) is 68.9 Å². The van der Waals surface area contributed by atoms with E-state index in [1.165, 1.54) is 6.42 Å². The van der Waals surface area contributed by atoms with Crippen molar-refractivity contribution in [3.8, 4) is 0 Å². The van der Waals surface area contributed by atoms with Crippen molar-refractivity contribution in [1.29, 1.82) is 0 Å². The van der Waals surface area contributed by atoms with Crippen molar-refractivity contribution in [2.75, 3.05) is 31.1 Å². The zero-order valence-corrected chi connectivity index (χ0v) is 14.2. The first-order valence-corrected chi connectivity index (χ1v) is 9.00. The number of carbonyl (C=O) groups is 1. The van der Waals surface area contributed by atoms with E-state index < -0.39 is 0 Å². The molecule has 2 aromatic heterocycles. The molecule has 0 atom stereocenters. The number of carbonyl (C=O) groups excluding carboxylic acids is 1. The molecule has 0 aromatic carbocycles. The minimum atomic E-state index is 0.285. The van der Waals surface area contributed by atoms with Crippen LogP contribution < -0.4 is 4.90 Å². The van der Waals surface area contributed by atoms with E-state index in [4.69, 9.17) is 0 Å². The summed E-state index contributed by atoms with van der Waals surface area (Å²) in [5.74, 6) is 0.645. The summed E-state index contributed by atoms with van der Waals surface area (Å²) < 4.78 is 1.76. The highest BCUT2D eigenvalue weighted by atomic mass is 16.2. The molecule has 1 saturated carbocycles. The topological polar surface area (TPSA) is 66.6 Å². The molecule has 2 aromatic rings. The van der Waals surface area contributed by atoms with Gasteiger partial charge in [-0.3, -0.25) is 4.79 Å². The molecule has 0 bridgehead atoms.